The van der Waals surface area contributed by atoms with Crippen molar-refractivity contribution in [2.24, 2.45) is 11.7 Å². The van der Waals surface area contributed by atoms with Crippen molar-refractivity contribution in [2.45, 2.75) is 64.5 Å². The zero-order valence-corrected chi connectivity index (χ0v) is 13.0. The van der Waals surface area contributed by atoms with Crippen molar-refractivity contribution in [1.29, 1.82) is 0 Å². The van der Waals surface area contributed by atoms with Crippen LogP contribution in [0.25, 0.3) is 0 Å². The van der Waals surface area contributed by atoms with E-state index in [1.54, 1.807) is 0 Å². The lowest BCUT2D eigenvalue weighted by atomic mass is 9.86. The molecule has 3 nitrogen and oxygen atoms in total. The smallest absolute Gasteiger partial charge is 0.0219 e. The first kappa shape index (κ1) is 15.3. The van der Waals surface area contributed by atoms with Crippen LogP contribution in [0, 0.1) is 5.92 Å². The van der Waals surface area contributed by atoms with Crippen LogP contribution < -0.4 is 5.73 Å². The van der Waals surface area contributed by atoms with Crippen LogP contribution in [0.4, 0.5) is 0 Å². The Morgan fingerprint density at radius 3 is 2.47 bits per heavy atom. The lowest BCUT2D eigenvalue weighted by Crippen LogP contribution is -2.55. The second-order valence-electron chi connectivity index (χ2n) is 6.68. The van der Waals surface area contributed by atoms with Crippen molar-refractivity contribution in [3.05, 3.63) is 0 Å². The molecule has 112 valence electrons. The van der Waals surface area contributed by atoms with Gasteiger partial charge in [0.05, 0.1) is 0 Å². The van der Waals surface area contributed by atoms with E-state index in [0.717, 1.165) is 18.5 Å². The summed E-state index contributed by atoms with van der Waals surface area (Å²) in [5.41, 5.74) is 5.93. The van der Waals surface area contributed by atoms with E-state index in [0.29, 0.717) is 6.04 Å². The van der Waals surface area contributed by atoms with Crippen molar-refractivity contribution >= 4 is 0 Å². The molecule has 1 aliphatic carbocycles. The largest absolute Gasteiger partial charge is 0.329 e. The van der Waals surface area contributed by atoms with E-state index in [-0.39, 0.29) is 0 Å². The molecule has 3 unspecified atom stereocenters. The second kappa shape index (κ2) is 7.61. The van der Waals surface area contributed by atoms with Crippen molar-refractivity contribution < 1.29 is 0 Å². The second-order valence-corrected chi connectivity index (χ2v) is 6.68. The van der Waals surface area contributed by atoms with Gasteiger partial charge in [-0.15, -0.1) is 0 Å². The third kappa shape index (κ3) is 4.17. The Kier molecular flexibility index (Phi) is 6.11. The van der Waals surface area contributed by atoms with Gasteiger partial charge < -0.3 is 5.73 Å². The summed E-state index contributed by atoms with van der Waals surface area (Å²) in [4.78, 5) is 5.39. The Balaban J connectivity index is 1.78. The van der Waals surface area contributed by atoms with Gasteiger partial charge in [0.1, 0.15) is 0 Å². The van der Waals surface area contributed by atoms with Crippen LogP contribution in [0.3, 0.4) is 0 Å². The van der Waals surface area contributed by atoms with Crippen molar-refractivity contribution in [1.82, 2.24) is 9.80 Å². The molecule has 1 aliphatic heterocycles. The van der Waals surface area contributed by atoms with Gasteiger partial charge in [0.25, 0.3) is 0 Å². The molecule has 1 saturated heterocycles. The first-order valence-electron chi connectivity index (χ1n) is 8.42. The molecular formula is C16H33N3. The SMILES string of the molecule is CCCC(CN)N1CCN(C2CCCC(C)C2)CC1. The van der Waals surface area contributed by atoms with E-state index in [9.17, 15) is 0 Å². The molecule has 0 aromatic heterocycles. The van der Waals surface area contributed by atoms with Crippen molar-refractivity contribution in [3.8, 4) is 0 Å². The Labute approximate surface area is 119 Å². The minimum atomic E-state index is 0.623. The van der Waals surface area contributed by atoms with Gasteiger partial charge in [-0.2, -0.15) is 0 Å². The summed E-state index contributed by atoms with van der Waals surface area (Å²) in [5, 5.41) is 0. The van der Waals surface area contributed by atoms with E-state index in [1.165, 1.54) is 64.7 Å². The molecular weight excluding hydrogens is 234 g/mol. The molecule has 19 heavy (non-hydrogen) atoms. The van der Waals surface area contributed by atoms with Gasteiger partial charge in [0.15, 0.2) is 0 Å². The molecule has 2 fully saturated rings. The van der Waals surface area contributed by atoms with Crippen LogP contribution >= 0.6 is 0 Å². The zero-order valence-electron chi connectivity index (χ0n) is 13.0. The Bertz CT molecular complexity index is 248. The lowest BCUT2D eigenvalue weighted by Gasteiger charge is -2.44. The predicted octanol–water partition coefficient (Wildman–Crippen LogP) is 2.31. The maximum atomic E-state index is 5.93. The fraction of sp³-hybridized carbons (Fsp3) is 1.00. The van der Waals surface area contributed by atoms with Gasteiger partial charge in [0.2, 0.25) is 0 Å². The molecule has 3 heteroatoms. The average Bonchev–Trinajstić information content (AvgIpc) is 2.45. The predicted molar refractivity (Wildman–Crippen MR) is 82.3 cm³/mol. The maximum Gasteiger partial charge on any atom is 0.0219 e. The number of hydrogen-bond acceptors (Lipinski definition) is 3. The molecule has 0 spiro atoms. The molecule has 0 aromatic rings. The van der Waals surface area contributed by atoms with Gasteiger partial charge in [-0.3, -0.25) is 9.80 Å². The van der Waals surface area contributed by atoms with E-state index in [2.05, 4.69) is 23.6 Å². The maximum absolute atomic E-state index is 5.93. The molecule has 1 saturated carbocycles. The molecule has 2 rings (SSSR count). The highest BCUT2D eigenvalue weighted by atomic mass is 15.3. The summed E-state index contributed by atoms with van der Waals surface area (Å²) in [5.74, 6) is 0.939. The molecule has 0 amide bonds. The normalized spacial score (nSPS) is 32.4. The first-order chi connectivity index (χ1) is 9.24. The quantitative estimate of drug-likeness (QED) is 0.829. The molecule has 2 N–H and O–H groups in total. The van der Waals surface area contributed by atoms with Crippen LogP contribution in [0.2, 0.25) is 0 Å². The average molecular weight is 267 g/mol. The summed E-state index contributed by atoms with van der Waals surface area (Å²) in [6.07, 6.45) is 8.25. The number of piperazine rings is 1. The van der Waals surface area contributed by atoms with Crippen LogP contribution in [-0.4, -0.2) is 54.6 Å². The summed E-state index contributed by atoms with van der Waals surface area (Å²) < 4.78 is 0. The molecule has 3 atom stereocenters. The zero-order chi connectivity index (χ0) is 13.7. The third-order valence-corrected chi connectivity index (χ3v) is 5.18. The number of hydrogen-bond donors (Lipinski definition) is 1. The van der Waals surface area contributed by atoms with E-state index >= 15 is 0 Å². The first-order valence-corrected chi connectivity index (χ1v) is 8.42. The van der Waals surface area contributed by atoms with Gasteiger partial charge in [-0.25, -0.2) is 0 Å². The van der Waals surface area contributed by atoms with Crippen LogP contribution in [0.1, 0.15) is 52.4 Å². The molecule has 0 bridgehead atoms. The van der Waals surface area contributed by atoms with Crippen molar-refractivity contribution in [3.63, 3.8) is 0 Å². The minimum absolute atomic E-state index is 0.623. The number of nitrogens with two attached hydrogens (primary N) is 1. The lowest BCUT2D eigenvalue weighted by molar-refractivity contribution is 0.0487. The molecule has 2 aliphatic rings. The summed E-state index contributed by atoms with van der Waals surface area (Å²) in [6.45, 7) is 10.5. The Hall–Kier alpha value is -0.120. The molecule has 1 heterocycles. The highest BCUT2D eigenvalue weighted by Gasteiger charge is 2.29. The van der Waals surface area contributed by atoms with E-state index in [1.807, 2.05) is 0 Å². The van der Waals surface area contributed by atoms with E-state index < -0.39 is 0 Å². The third-order valence-electron chi connectivity index (χ3n) is 5.18. The Morgan fingerprint density at radius 2 is 1.89 bits per heavy atom. The highest BCUT2D eigenvalue weighted by Crippen LogP contribution is 2.28. The summed E-state index contributed by atoms with van der Waals surface area (Å²) >= 11 is 0. The standard InChI is InChI=1S/C16H33N3/c1-3-5-16(13-17)19-10-8-18(9-11-19)15-7-4-6-14(2)12-15/h14-16H,3-13,17H2,1-2H3. The van der Waals surface area contributed by atoms with Crippen LogP contribution in [0.15, 0.2) is 0 Å². The molecule has 0 aromatic carbocycles. The van der Waals surface area contributed by atoms with Gasteiger partial charge in [-0.05, 0) is 25.2 Å². The van der Waals surface area contributed by atoms with E-state index in [4.69, 9.17) is 5.73 Å². The number of rotatable bonds is 5. The highest BCUT2D eigenvalue weighted by molar-refractivity contribution is 4.85. The summed E-state index contributed by atoms with van der Waals surface area (Å²) in [7, 11) is 0. The Morgan fingerprint density at radius 1 is 1.16 bits per heavy atom. The van der Waals surface area contributed by atoms with Gasteiger partial charge in [0, 0.05) is 44.8 Å². The van der Waals surface area contributed by atoms with Crippen LogP contribution in [0.5, 0.6) is 0 Å². The topological polar surface area (TPSA) is 32.5 Å². The fourth-order valence-corrected chi connectivity index (χ4v) is 3.98. The molecule has 0 radical (unpaired) electrons. The minimum Gasteiger partial charge on any atom is -0.329 e. The van der Waals surface area contributed by atoms with Gasteiger partial charge in [-0.1, -0.05) is 33.1 Å². The van der Waals surface area contributed by atoms with Crippen LogP contribution in [-0.2, 0) is 0 Å². The number of nitrogens with zero attached hydrogens (tertiary/aromatic N) is 2. The fourth-order valence-electron chi connectivity index (χ4n) is 3.98. The van der Waals surface area contributed by atoms with Gasteiger partial charge >= 0.3 is 0 Å². The monoisotopic (exact) mass is 267 g/mol. The van der Waals surface area contributed by atoms with Crippen molar-refractivity contribution in [2.75, 3.05) is 32.7 Å². The summed E-state index contributed by atoms with van der Waals surface area (Å²) in [6, 6.07) is 1.49.